The molecule has 0 saturated carbocycles. The van der Waals surface area contributed by atoms with Gasteiger partial charge in [-0.15, -0.1) is 0 Å². The van der Waals surface area contributed by atoms with Crippen LogP contribution in [0.2, 0.25) is 0 Å². The summed E-state index contributed by atoms with van der Waals surface area (Å²) in [5, 5.41) is -2.06. The van der Waals surface area contributed by atoms with E-state index >= 15 is 0 Å². The molecule has 0 radical (unpaired) electrons. The SMILES string of the molecule is O=S(=O)([O-])c1c(S(=O)(=O)[O-])c(S(=O)(=O)[O-])c2ccccc2c1S(=O)(=O)[O-].[Na+].[Na+].[Na+].[Na+]. The Kier molecular flexibility index (Phi) is 15.2. The van der Waals surface area contributed by atoms with Crippen molar-refractivity contribution in [2.24, 2.45) is 0 Å². The van der Waals surface area contributed by atoms with Gasteiger partial charge in [0.05, 0.1) is 19.6 Å². The molecule has 0 bridgehead atoms. The second-order valence-electron chi connectivity index (χ2n) is 4.68. The van der Waals surface area contributed by atoms with Crippen molar-refractivity contribution in [2.45, 2.75) is 19.6 Å². The molecule has 2 aromatic rings. The summed E-state index contributed by atoms with van der Waals surface area (Å²) in [4.78, 5) is -8.69. The summed E-state index contributed by atoms with van der Waals surface area (Å²) in [5.41, 5.74) is 0. The Bertz CT molecular complexity index is 1260. The molecule has 30 heavy (non-hydrogen) atoms. The molecule has 144 valence electrons. The van der Waals surface area contributed by atoms with Crippen molar-refractivity contribution in [3.63, 3.8) is 0 Å². The second kappa shape index (κ2) is 12.3. The molecule has 0 N–H and O–H groups in total. The summed E-state index contributed by atoms with van der Waals surface area (Å²) in [6.45, 7) is 0. The van der Waals surface area contributed by atoms with Gasteiger partial charge in [-0.3, -0.25) is 0 Å². The Balaban J connectivity index is -0.00000182. The van der Waals surface area contributed by atoms with Gasteiger partial charge in [0, 0.05) is 10.8 Å². The predicted molar refractivity (Wildman–Crippen MR) is 75.8 cm³/mol. The number of hydrogen-bond donors (Lipinski definition) is 0. The Morgan fingerprint density at radius 3 is 0.800 bits per heavy atom. The van der Waals surface area contributed by atoms with Crippen LogP contribution >= 0.6 is 0 Å². The largest absolute Gasteiger partial charge is 1.00 e. The number of benzene rings is 2. The van der Waals surface area contributed by atoms with Crippen LogP contribution in [-0.4, -0.2) is 51.9 Å². The molecule has 0 saturated heterocycles. The van der Waals surface area contributed by atoms with Gasteiger partial charge in [0.2, 0.25) is 0 Å². The van der Waals surface area contributed by atoms with Crippen LogP contribution in [0.5, 0.6) is 0 Å². The molecule has 2 aromatic carbocycles. The van der Waals surface area contributed by atoms with Gasteiger partial charge in [0.1, 0.15) is 40.5 Å². The summed E-state index contributed by atoms with van der Waals surface area (Å²) in [5.74, 6) is 0. The van der Waals surface area contributed by atoms with Gasteiger partial charge in [0.25, 0.3) is 0 Å². The topological polar surface area (TPSA) is 229 Å². The minimum Gasteiger partial charge on any atom is -0.744 e. The summed E-state index contributed by atoms with van der Waals surface area (Å²) in [7, 11) is -24.3. The van der Waals surface area contributed by atoms with E-state index in [4.69, 9.17) is 0 Å². The maximum absolute atomic E-state index is 11.5. The van der Waals surface area contributed by atoms with E-state index in [1.165, 1.54) is 0 Å². The van der Waals surface area contributed by atoms with E-state index in [0.29, 0.717) is 12.1 Å². The summed E-state index contributed by atoms with van der Waals surface area (Å²) < 4.78 is 137. The van der Waals surface area contributed by atoms with Crippen molar-refractivity contribution in [2.75, 3.05) is 0 Å². The van der Waals surface area contributed by atoms with Gasteiger partial charge in [0.15, 0.2) is 0 Å². The molecule has 0 aliphatic rings. The van der Waals surface area contributed by atoms with Crippen molar-refractivity contribution in [1.29, 1.82) is 0 Å². The van der Waals surface area contributed by atoms with Crippen molar-refractivity contribution < 1.29 is 170 Å². The zero-order valence-electron chi connectivity index (χ0n) is 15.8. The third-order valence-electron chi connectivity index (χ3n) is 3.04. The van der Waals surface area contributed by atoms with Crippen molar-refractivity contribution in [3.8, 4) is 0 Å². The summed E-state index contributed by atoms with van der Waals surface area (Å²) >= 11 is 0. The van der Waals surface area contributed by atoms with Gasteiger partial charge < -0.3 is 18.2 Å². The normalized spacial score (nSPS) is 12.0. The number of rotatable bonds is 4. The van der Waals surface area contributed by atoms with Crippen molar-refractivity contribution in [3.05, 3.63) is 24.3 Å². The fourth-order valence-electron chi connectivity index (χ4n) is 2.28. The minimum absolute atomic E-state index is 0. The van der Waals surface area contributed by atoms with Gasteiger partial charge >= 0.3 is 118 Å². The van der Waals surface area contributed by atoms with E-state index in [1.807, 2.05) is 0 Å². The molecular formula is C10H4Na4O12S4. The average molecular weight is 536 g/mol. The second-order valence-corrected chi connectivity index (χ2v) is 9.94. The number of fused-ring (bicyclic) bond motifs is 1. The standard InChI is InChI=1S/C10H8O12S4.4Na/c11-23(12,13)7-5-3-1-2-4-6(5)8(24(14,15)16)10(26(20,21)22)9(7)25(17,18)19;;;;/h1-4H,(H,11,12,13)(H,14,15,16)(H,17,18,19)(H,20,21,22);;;;/q;4*+1/p-4. The zero-order valence-corrected chi connectivity index (χ0v) is 27.1. The third kappa shape index (κ3) is 7.94. The Labute approximate surface area is 260 Å². The van der Waals surface area contributed by atoms with Crippen LogP contribution in [-0.2, 0) is 40.5 Å². The van der Waals surface area contributed by atoms with Crippen molar-refractivity contribution >= 4 is 51.2 Å². The molecule has 0 spiro atoms. The smallest absolute Gasteiger partial charge is 0.744 e. The minimum atomic E-state index is -6.22. The molecule has 0 aromatic heterocycles. The quantitative estimate of drug-likeness (QED) is 0.262. The first-order chi connectivity index (χ1) is 11.5. The maximum Gasteiger partial charge on any atom is 1.00 e. The van der Waals surface area contributed by atoms with Crippen LogP contribution in [0.1, 0.15) is 0 Å². The van der Waals surface area contributed by atoms with Gasteiger partial charge in [-0.25, -0.2) is 33.7 Å². The van der Waals surface area contributed by atoms with Crippen LogP contribution in [0.15, 0.2) is 43.8 Å². The fraction of sp³-hybridized carbons (Fsp3) is 0. The molecule has 0 fully saturated rings. The van der Waals surface area contributed by atoms with Crippen LogP contribution in [0.4, 0.5) is 0 Å². The van der Waals surface area contributed by atoms with Gasteiger partial charge in [-0.05, 0) is 0 Å². The molecule has 0 heterocycles. The van der Waals surface area contributed by atoms with Crippen LogP contribution in [0.25, 0.3) is 10.8 Å². The number of hydrogen-bond acceptors (Lipinski definition) is 12. The van der Waals surface area contributed by atoms with Crippen molar-refractivity contribution in [1.82, 2.24) is 0 Å². The van der Waals surface area contributed by atoms with Crippen LogP contribution in [0, 0.1) is 0 Å². The van der Waals surface area contributed by atoms with E-state index < -0.39 is 70.8 Å². The molecule has 0 aliphatic carbocycles. The zero-order chi connectivity index (χ0) is 20.3. The van der Waals surface area contributed by atoms with E-state index in [1.54, 1.807) is 0 Å². The molecule has 12 nitrogen and oxygen atoms in total. The van der Waals surface area contributed by atoms with E-state index in [0.717, 1.165) is 12.1 Å². The summed E-state index contributed by atoms with van der Waals surface area (Å²) in [6.07, 6.45) is 0. The monoisotopic (exact) mass is 536 g/mol. The molecule has 2 rings (SSSR count). The molecule has 0 aliphatic heterocycles. The molecule has 0 amide bonds. The molecular weight excluding hydrogens is 532 g/mol. The first-order valence-corrected chi connectivity index (χ1v) is 11.5. The molecule has 20 heteroatoms. The third-order valence-corrected chi connectivity index (χ3v) is 7.09. The van der Waals surface area contributed by atoms with Gasteiger partial charge in [-0.2, -0.15) is 0 Å². The van der Waals surface area contributed by atoms with Crippen LogP contribution in [0.3, 0.4) is 0 Å². The predicted octanol–water partition coefficient (Wildman–Crippen LogP) is -13.5. The Morgan fingerprint density at radius 1 is 0.433 bits per heavy atom. The van der Waals surface area contributed by atoms with Crippen LogP contribution < -0.4 is 118 Å². The molecule has 0 unspecified atom stereocenters. The first kappa shape index (κ1) is 36.9. The Hall–Kier alpha value is 2.34. The first-order valence-electron chi connectivity index (χ1n) is 5.89. The van der Waals surface area contributed by atoms with Gasteiger partial charge in [-0.1, -0.05) is 24.3 Å². The van der Waals surface area contributed by atoms with E-state index in [9.17, 15) is 51.9 Å². The Morgan fingerprint density at radius 2 is 0.633 bits per heavy atom. The maximum atomic E-state index is 11.5. The summed E-state index contributed by atoms with van der Waals surface area (Å²) in [6, 6.07) is 3.27. The average Bonchev–Trinajstić information content (AvgIpc) is 2.40. The van der Waals surface area contributed by atoms with E-state index in [2.05, 4.69) is 0 Å². The molecule has 0 atom stereocenters. The fourth-order valence-corrected chi connectivity index (χ4v) is 7.13. The van der Waals surface area contributed by atoms with E-state index in [-0.39, 0.29) is 118 Å².